The standard InChI is InChI=1S/C17H15N3O3/c1-11-18-16(20-23-11)12-3-5-13(6-4-12)17(21)19-14-7-9-15(22-2)10-8-14/h3-10H,1-2H3,(H,19,21). The number of carbonyl (C=O) groups is 1. The fourth-order valence-corrected chi connectivity index (χ4v) is 2.06. The third-order valence-electron chi connectivity index (χ3n) is 3.28. The maximum absolute atomic E-state index is 12.2. The van der Waals surface area contributed by atoms with Crippen molar-refractivity contribution in [2.24, 2.45) is 0 Å². The summed E-state index contributed by atoms with van der Waals surface area (Å²) >= 11 is 0. The molecule has 1 heterocycles. The number of anilines is 1. The molecular weight excluding hydrogens is 294 g/mol. The Kier molecular flexibility index (Phi) is 4.05. The van der Waals surface area contributed by atoms with Gasteiger partial charge in [-0.15, -0.1) is 0 Å². The smallest absolute Gasteiger partial charge is 0.255 e. The largest absolute Gasteiger partial charge is 0.497 e. The first-order valence-electron chi connectivity index (χ1n) is 7.02. The predicted molar refractivity (Wildman–Crippen MR) is 85.4 cm³/mol. The highest BCUT2D eigenvalue weighted by atomic mass is 16.5. The van der Waals surface area contributed by atoms with Gasteiger partial charge in [-0.3, -0.25) is 4.79 Å². The van der Waals surface area contributed by atoms with Crippen LogP contribution in [0.3, 0.4) is 0 Å². The molecule has 0 aliphatic carbocycles. The van der Waals surface area contributed by atoms with Crippen molar-refractivity contribution in [3.8, 4) is 17.1 Å². The monoisotopic (exact) mass is 309 g/mol. The summed E-state index contributed by atoms with van der Waals surface area (Å²) in [6.45, 7) is 1.73. The van der Waals surface area contributed by atoms with Crippen molar-refractivity contribution >= 4 is 11.6 Å². The lowest BCUT2D eigenvalue weighted by atomic mass is 10.1. The van der Waals surface area contributed by atoms with Gasteiger partial charge in [0, 0.05) is 23.7 Å². The van der Waals surface area contributed by atoms with Gasteiger partial charge in [0.25, 0.3) is 5.91 Å². The van der Waals surface area contributed by atoms with Crippen LogP contribution in [0.2, 0.25) is 0 Å². The van der Waals surface area contributed by atoms with E-state index in [2.05, 4.69) is 15.5 Å². The molecule has 3 aromatic rings. The van der Waals surface area contributed by atoms with Crippen LogP contribution < -0.4 is 10.1 Å². The van der Waals surface area contributed by atoms with Gasteiger partial charge >= 0.3 is 0 Å². The number of hydrogen-bond acceptors (Lipinski definition) is 5. The number of methoxy groups -OCH3 is 1. The highest BCUT2D eigenvalue weighted by Crippen LogP contribution is 2.18. The Balaban J connectivity index is 1.72. The minimum atomic E-state index is -0.189. The fourth-order valence-electron chi connectivity index (χ4n) is 2.06. The normalized spacial score (nSPS) is 10.3. The van der Waals surface area contributed by atoms with E-state index < -0.39 is 0 Å². The second-order valence-electron chi connectivity index (χ2n) is 4.90. The quantitative estimate of drug-likeness (QED) is 0.800. The molecule has 0 bridgehead atoms. The Labute approximate surface area is 133 Å². The number of hydrogen-bond donors (Lipinski definition) is 1. The number of amides is 1. The van der Waals surface area contributed by atoms with Crippen molar-refractivity contribution in [1.29, 1.82) is 0 Å². The second-order valence-corrected chi connectivity index (χ2v) is 4.90. The van der Waals surface area contributed by atoms with E-state index in [-0.39, 0.29) is 5.91 Å². The van der Waals surface area contributed by atoms with Crippen molar-refractivity contribution in [2.75, 3.05) is 12.4 Å². The number of carbonyl (C=O) groups excluding carboxylic acids is 1. The summed E-state index contributed by atoms with van der Waals surface area (Å²) in [5, 5.41) is 6.67. The third kappa shape index (κ3) is 3.37. The van der Waals surface area contributed by atoms with Gasteiger partial charge in [0.2, 0.25) is 11.7 Å². The molecule has 0 fully saturated rings. The Morgan fingerprint density at radius 1 is 1.09 bits per heavy atom. The Hall–Kier alpha value is -3.15. The summed E-state index contributed by atoms with van der Waals surface area (Å²) in [5.41, 5.74) is 2.04. The molecule has 1 aromatic heterocycles. The van der Waals surface area contributed by atoms with Crippen molar-refractivity contribution in [1.82, 2.24) is 10.1 Å². The summed E-state index contributed by atoms with van der Waals surface area (Å²) in [6.07, 6.45) is 0. The van der Waals surface area contributed by atoms with E-state index in [1.807, 2.05) is 0 Å². The summed E-state index contributed by atoms with van der Waals surface area (Å²) in [7, 11) is 1.60. The van der Waals surface area contributed by atoms with Gasteiger partial charge in [0.15, 0.2) is 0 Å². The zero-order valence-electron chi connectivity index (χ0n) is 12.7. The van der Waals surface area contributed by atoms with Crippen LogP contribution in [-0.4, -0.2) is 23.2 Å². The number of aryl methyl sites for hydroxylation is 1. The average molecular weight is 309 g/mol. The molecule has 6 nitrogen and oxygen atoms in total. The molecular formula is C17H15N3O3. The molecule has 116 valence electrons. The van der Waals surface area contributed by atoms with Crippen LogP contribution in [-0.2, 0) is 0 Å². The highest BCUT2D eigenvalue weighted by Gasteiger charge is 2.09. The zero-order valence-corrected chi connectivity index (χ0v) is 12.7. The van der Waals surface area contributed by atoms with Crippen LogP contribution in [0.1, 0.15) is 16.2 Å². The maximum Gasteiger partial charge on any atom is 0.255 e. The average Bonchev–Trinajstić information content (AvgIpc) is 3.02. The first kappa shape index (κ1) is 14.8. The van der Waals surface area contributed by atoms with Gasteiger partial charge in [-0.25, -0.2) is 0 Å². The van der Waals surface area contributed by atoms with Gasteiger partial charge in [0.1, 0.15) is 5.75 Å². The van der Waals surface area contributed by atoms with Crippen molar-refractivity contribution in [3.63, 3.8) is 0 Å². The van der Waals surface area contributed by atoms with Crippen LogP contribution in [0, 0.1) is 6.92 Å². The van der Waals surface area contributed by atoms with E-state index in [1.54, 1.807) is 62.6 Å². The Bertz CT molecular complexity index is 808. The highest BCUT2D eigenvalue weighted by molar-refractivity contribution is 6.04. The molecule has 0 unspecified atom stereocenters. The molecule has 0 saturated carbocycles. The fraction of sp³-hybridized carbons (Fsp3) is 0.118. The lowest BCUT2D eigenvalue weighted by Gasteiger charge is -2.06. The lowest BCUT2D eigenvalue weighted by Crippen LogP contribution is -2.11. The van der Waals surface area contributed by atoms with E-state index in [0.717, 1.165) is 11.3 Å². The van der Waals surface area contributed by atoms with E-state index in [0.29, 0.717) is 23.0 Å². The van der Waals surface area contributed by atoms with Crippen LogP contribution in [0.4, 0.5) is 5.69 Å². The first-order valence-corrected chi connectivity index (χ1v) is 7.02. The number of rotatable bonds is 4. The van der Waals surface area contributed by atoms with Crippen molar-refractivity contribution in [2.45, 2.75) is 6.92 Å². The van der Waals surface area contributed by atoms with Crippen LogP contribution in [0.5, 0.6) is 5.75 Å². The van der Waals surface area contributed by atoms with Gasteiger partial charge in [-0.05, 0) is 36.4 Å². The number of nitrogens with one attached hydrogen (secondary N) is 1. The molecule has 1 amide bonds. The van der Waals surface area contributed by atoms with Crippen molar-refractivity contribution in [3.05, 3.63) is 60.0 Å². The lowest BCUT2D eigenvalue weighted by molar-refractivity contribution is 0.102. The first-order chi connectivity index (χ1) is 11.2. The molecule has 0 aliphatic rings. The molecule has 6 heteroatoms. The van der Waals surface area contributed by atoms with Crippen molar-refractivity contribution < 1.29 is 14.1 Å². The molecule has 2 aromatic carbocycles. The van der Waals surface area contributed by atoms with Crippen LogP contribution in [0.15, 0.2) is 53.1 Å². The summed E-state index contributed by atoms with van der Waals surface area (Å²) in [5.74, 6) is 1.56. The topological polar surface area (TPSA) is 77.2 Å². The van der Waals surface area contributed by atoms with E-state index >= 15 is 0 Å². The second kappa shape index (κ2) is 6.31. The van der Waals surface area contributed by atoms with Gasteiger partial charge in [-0.1, -0.05) is 17.3 Å². The zero-order chi connectivity index (χ0) is 16.2. The predicted octanol–water partition coefficient (Wildman–Crippen LogP) is 3.31. The molecule has 0 spiro atoms. The molecule has 1 N–H and O–H groups in total. The molecule has 0 radical (unpaired) electrons. The maximum atomic E-state index is 12.2. The molecule has 23 heavy (non-hydrogen) atoms. The number of ether oxygens (including phenoxy) is 1. The van der Waals surface area contributed by atoms with Gasteiger partial charge in [0.05, 0.1) is 7.11 Å². The Morgan fingerprint density at radius 3 is 2.35 bits per heavy atom. The minimum absolute atomic E-state index is 0.189. The number of nitrogens with zero attached hydrogens (tertiary/aromatic N) is 2. The summed E-state index contributed by atoms with van der Waals surface area (Å²) < 4.78 is 10.0. The molecule has 0 atom stereocenters. The molecule has 3 rings (SSSR count). The van der Waals surface area contributed by atoms with E-state index in [4.69, 9.17) is 9.26 Å². The molecule has 0 aliphatic heterocycles. The minimum Gasteiger partial charge on any atom is -0.497 e. The number of benzene rings is 2. The third-order valence-corrected chi connectivity index (χ3v) is 3.28. The van der Waals surface area contributed by atoms with Gasteiger partial charge in [-0.2, -0.15) is 4.98 Å². The van der Waals surface area contributed by atoms with E-state index in [9.17, 15) is 4.79 Å². The van der Waals surface area contributed by atoms with Crippen LogP contribution >= 0.6 is 0 Å². The van der Waals surface area contributed by atoms with E-state index in [1.165, 1.54) is 0 Å². The summed E-state index contributed by atoms with van der Waals surface area (Å²) in [4.78, 5) is 16.4. The number of aromatic nitrogens is 2. The Morgan fingerprint density at radius 2 is 1.78 bits per heavy atom. The van der Waals surface area contributed by atoms with Gasteiger partial charge < -0.3 is 14.6 Å². The summed E-state index contributed by atoms with van der Waals surface area (Å²) in [6, 6.07) is 14.2. The molecule has 0 saturated heterocycles. The van der Waals surface area contributed by atoms with Crippen LogP contribution in [0.25, 0.3) is 11.4 Å². The SMILES string of the molecule is COc1ccc(NC(=O)c2ccc(-c3noc(C)n3)cc2)cc1.